The van der Waals surface area contributed by atoms with E-state index in [1.807, 2.05) is 6.92 Å². The number of non-ortho nitro benzene ring substituents is 1. The minimum atomic E-state index is -0.645. The predicted molar refractivity (Wildman–Crippen MR) is 122 cm³/mol. The summed E-state index contributed by atoms with van der Waals surface area (Å²) < 4.78 is 21.2. The highest BCUT2D eigenvalue weighted by molar-refractivity contribution is 6.14. The molecule has 4 rings (SSSR count). The van der Waals surface area contributed by atoms with E-state index in [9.17, 15) is 24.1 Å². The topological polar surface area (TPSA) is 107 Å². The van der Waals surface area contributed by atoms with Gasteiger partial charge in [-0.1, -0.05) is 18.2 Å². The highest BCUT2D eigenvalue weighted by Crippen LogP contribution is 2.32. The molecule has 2 heterocycles. The van der Waals surface area contributed by atoms with E-state index in [4.69, 9.17) is 4.74 Å². The zero-order chi connectivity index (χ0) is 24.6. The third-order valence-electron chi connectivity index (χ3n) is 5.63. The number of hydrogen-bond acceptors (Lipinski definition) is 5. The molecule has 3 amide bonds. The van der Waals surface area contributed by atoms with E-state index in [0.29, 0.717) is 22.7 Å². The standard InChI is InChI=1S/C24H21FN4O5/c1-14-10-17(15(2)28(14)21-12-18(29(32)33)8-9-22(21)34-3)11-20-23(30)27(24(31)26-20)13-16-6-4-5-7-19(16)25/h4-12H,13H2,1-3H3,(H,26,31)/b20-11+. The highest BCUT2D eigenvalue weighted by Gasteiger charge is 2.34. The Morgan fingerprint density at radius 1 is 1.15 bits per heavy atom. The van der Waals surface area contributed by atoms with Crippen LogP contribution in [0.4, 0.5) is 14.9 Å². The molecule has 0 saturated carbocycles. The van der Waals surface area contributed by atoms with Crippen molar-refractivity contribution in [2.24, 2.45) is 0 Å². The van der Waals surface area contributed by atoms with E-state index in [0.717, 1.165) is 10.6 Å². The number of nitro benzene ring substituents is 1. The van der Waals surface area contributed by atoms with Gasteiger partial charge in [0.25, 0.3) is 11.6 Å². The number of carbonyl (C=O) groups excluding carboxylic acids is 2. The lowest BCUT2D eigenvalue weighted by molar-refractivity contribution is -0.384. The van der Waals surface area contributed by atoms with Crippen LogP contribution >= 0.6 is 0 Å². The summed E-state index contributed by atoms with van der Waals surface area (Å²) in [5.41, 5.74) is 2.70. The van der Waals surface area contributed by atoms with Gasteiger partial charge in [-0.2, -0.15) is 0 Å². The molecule has 3 aromatic rings. The van der Waals surface area contributed by atoms with Crippen LogP contribution in [0.5, 0.6) is 5.75 Å². The number of imide groups is 1. The lowest BCUT2D eigenvalue weighted by Crippen LogP contribution is -2.30. The number of halogens is 1. The van der Waals surface area contributed by atoms with Crippen molar-refractivity contribution < 1.29 is 23.6 Å². The number of nitrogens with zero attached hydrogens (tertiary/aromatic N) is 3. The maximum absolute atomic E-state index is 14.0. The number of nitro groups is 1. The summed E-state index contributed by atoms with van der Waals surface area (Å²) in [5.74, 6) is -0.645. The minimum Gasteiger partial charge on any atom is -0.495 e. The molecule has 0 unspecified atom stereocenters. The van der Waals surface area contributed by atoms with E-state index in [2.05, 4.69) is 5.32 Å². The molecule has 34 heavy (non-hydrogen) atoms. The number of benzene rings is 2. The van der Waals surface area contributed by atoms with Crippen LogP contribution in [0.3, 0.4) is 0 Å². The quantitative estimate of drug-likeness (QED) is 0.254. The van der Waals surface area contributed by atoms with Gasteiger partial charge in [-0.15, -0.1) is 0 Å². The van der Waals surface area contributed by atoms with E-state index in [1.165, 1.54) is 49.6 Å². The van der Waals surface area contributed by atoms with Crippen molar-refractivity contribution in [3.8, 4) is 11.4 Å². The molecule has 2 aromatic carbocycles. The molecule has 0 radical (unpaired) electrons. The van der Waals surface area contributed by atoms with Crippen LogP contribution in [-0.2, 0) is 11.3 Å². The van der Waals surface area contributed by atoms with E-state index >= 15 is 0 Å². The lowest BCUT2D eigenvalue weighted by atomic mass is 10.2. The Labute approximate surface area is 194 Å². The normalized spacial score (nSPS) is 14.6. The molecule has 9 nitrogen and oxygen atoms in total. The van der Waals surface area contributed by atoms with Gasteiger partial charge in [-0.3, -0.25) is 19.8 Å². The van der Waals surface area contributed by atoms with Crippen molar-refractivity contribution in [3.05, 3.63) is 92.7 Å². The van der Waals surface area contributed by atoms with Crippen LogP contribution in [0.2, 0.25) is 0 Å². The first-order chi connectivity index (χ1) is 16.2. The number of aromatic nitrogens is 1. The molecule has 0 bridgehead atoms. The largest absolute Gasteiger partial charge is 0.495 e. The molecule has 0 aliphatic carbocycles. The fraction of sp³-hybridized carbons (Fsp3) is 0.167. The third kappa shape index (κ3) is 4.01. The van der Waals surface area contributed by atoms with Gasteiger partial charge in [-0.25, -0.2) is 9.18 Å². The Morgan fingerprint density at radius 2 is 1.88 bits per heavy atom. The molecule has 1 aromatic heterocycles. The number of nitrogens with one attached hydrogen (secondary N) is 1. The van der Waals surface area contributed by atoms with Crippen LogP contribution in [0, 0.1) is 29.8 Å². The number of amides is 3. The number of aryl methyl sites for hydroxylation is 1. The zero-order valence-electron chi connectivity index (χ0n) is 18.7. The Morgan fingerprint density at radius 3 is 2.56 bits per heavy atom. The monoisotopic (exact) mass is 464 g/mol. The number of hydrogen-bond donors (Lipinski definition) is 1. The van der Waals surface area contributed by atoms with Crippen LogP contribution in [0.1, 0.15) is 22.5 Å². The van der Waals surface area contributed by atoms with Crippen LogP contribution < -0.4 is 10.1 Å². The van der Waals surface area contributed by atoms with Gasteiger partial charge in [0.15, 0.2) is 0 Å². The summed E-state index contributed by atoms with van der Waals surface area (Å²) in [5, 5.41) is 13.8. The van der Waals surface area contributed by atoms with E-state index in [-0.39, 0.29) is 23.5 Å². The van der Waals surface area contributed by atoms with Crippen molar-refractivity contribution in [1.29, 1.82) is 0 Å². The summed E-state index contributed by atoms with van der Waals surface area (Å²) in [6.07, 6.45) is 1.53. The molecule has 1 aliphatic rings. The number of carbonyl (C=O) groups is 2. The molecule has 1 aliphatic heterocycles. The molecule has 1 N–H and O–H groups in total. The summed E-state index contributed by atoms with van der Waals surface area (Å²) in [6.45, 7) is 3.40. The van der Waals surface area contributed by atoms with Crippen molar-refractivity contribution in [2.45, 2.75) is 20.4 Å². The van der Waals surface area contributed by atoms with Crippen molar-refractivity contribution in [1.82, 2.24) is 14.8 Å². The van der Waals surface area contributed by atoms with Crippen molar-refractivity contribution in [3.63, 3.8) is 0 Å². The Hall–Kier alpha value is -4.47. The SMILES string of the molecule is COc1ccc([N+](=O)[O-])cc1-n1c(C)cc(/C=C2/NC(=O)N(Cc3ccccc3F)C2=O)c1C. The van der Waals surface area contributed by atoms with Gasteiger partial charge < -0.3 is 14.6 Å². The minimum absolute atomic E-state index is 0.0487. The predicted octanol–water partition coefficient (Wildman–Crippen LogP) is 4.24. The fourth-order valence-corrected chi connectivity index (χ4v) is 3.94. The number of rotatable bonds is 6. The number of urea groups is 1. The average Bonchev–Trinajstić information content (AvgIpc) is 3.23. The molecular formula is C24H21FN4O5. The van der Waals surface area contributed by atoms with Crippen LogP contribution in [0.25, 0.3) is 11.8 Å². The summed E-state index contributed by atoms with van der Waals surface area (Å²) in [4.78, 5) is 37.0. The Bertz CT molecular complexity index is 1360. The fourth-order valence-electron chi connectivity index (χ4n) is 3.94. The Balaban J connectivity index is 1.69. The zero-order valence-corrected chi connectivity index (χ0v) is 18.7. The first-order valence-corrected chi connectivity index (χ1v) is 10.3. The molecule has 174 valence electrons. The maximum atomic E-state index is 14.0. The Kier molecular flexibility index (Phi) is 5.89. The summed E-state index contributed by atoms with van der Waals surface area (Å²) in [6, 6.07) is 11.4. The lowest BCUT2D eigenvalue weighted by Gasteiger charge is -2.14. The molecule has 0 spiro atoms. The first-order valence-electron chi connectivity index (χ1n) is 10.3. The second-order valence-electron chi connectivity index (χ2n) is 7.75. The van der Waals surface area contributed by atoms with Gasteiger partial charge >= 0.3 is 6.03 Å². The molecule has 1 fully saturated rings. The maximum Gasteiger partial charge on any atom is 0.329 e. The molecule has 1 saturated heterocycles. The molecule has 0 atom stereocenters. The van der Waals surface area contributed by atoms with E-state index < -0.39 is 22.7 Å². The van der Waals surface area contributed by atoms with Gasteiger partial charge in [0, 0.05) is 29.1 Å². The highest BCUT2D eigenvalue weighted by atomic mass is 19.1. The van der Waals surface area contributed by atoms with Gasteiger partial charge in [-0.05, 0) is 43.7 Å². The first kappa shape index (κ1) is 22.7. The van der Waals surface area contributed by atoms with Gasteiger partial charge in [0.2, 0.25) is 0 Å². The third-order valence-corrected chi connectivity index (χ3v) is 5.63. The second kappa shape index (κ2) is 8.81. The summed E-state index contributed by atoms with van der Waals surface area (Å²) in [7, 11) is 1.47. The number of ether oxygens (including phenoxy) is 1. The number of methoxy groups -OCH3 is 1. The van der Waals surface area contributed by atoms with Crippen molar-refractivity contribution in [2.75, 3.05) is 7.11 Å². The molecule has 10 heteroatoms. The second-order valence-corrected chi connectivity index (χ2v) is 7.75. The van der Waals surface area contributed by atoms with Gasteiger partial charge in [0.05, 0.1) is 24.3 Å². The van der Waals surface area contributed by atoms with Crippen LogP contribution in [0.15, 0.2) is 54.2 Å². The summed E-state index contributed by atoms with van der Waals surface area (Å²) >= 11 is 0. The smallest absolute Gasteiger partial charge is 0.329 e. The van der Waals surface area contributed by atoms with Gasteiger partial charge in [0.1, 0.15) is 17.3 Å². The van der Waals surface area contributed by atoms with Crippen molar-refractivity contribution >= 4 is 23.7 Å². The average molecular weight is 464 g/mol. The van der Waals surface area contributed by atoms with E-state index in [1.54, 1.807) is 23.6 Å². The molecular weight excluding hydrogens is 443 g/mol. The van der Waals surface area contributed by atoms with Crippen LogP contribution in [-0.4, -0.2) is 33.4 Å².